The lowest BCUT2D eigenvalue weighted by molar-refractivity contribution is 0.905. The van der Waals surface area contributed by atoms with Crippen LogP contribution in [0, 0.1) is 18.3 Å². The highest BCUT2D eigenvalue weighted by Crippen LogP contribution is 2.27. The average Bonchev–Trinajstić information content (AvgIpc) is 2.32. The van der Waals surface area contributed by atoms with Crippen molar-refractivity contribution in [2.45, 2.75) is 23.4 Å². The van der Waals surface area contributed by atoms with Crippen molar-refractivity contribution >= 4 is 17.4 Å². The number of nitrogens with two attached hydrogens (primary N) is 1. The number of nitriles is 1. The van der Waals surface area contributed by atoms with Crippen LogP contribution in [-0.2, 0) is 6.42 Å². The third-order valence-corrected chi connectivity index (χ3v) is 3.32. The van der Waals surface area contributed by atoms with Gasteiger partial charge in [-0.25, -0.2) is 4.98 Å². The monoisotopic (exact) mass is 272 g/mol. The number of nitrogen functional groups attached to an aromatic ring is 1. The van der Waals surface area contributed by atoms with Gasteiger partial charge in [-0.05, 0) is 30.7 Å². The second-order valence-electron chi connectivity index (χ2n) is 3.99. The van der Waals surface area contributed by atoms with Crippen LogP contribution < -0.4 is 11.3 Å². The lowest BCUT2D eigenvalue weighted by Gasteiger charge is -2.05. The number of aromatic nitrogens is 2. The summed E-state index contributed by atoms with van der Waals surface area (Å²) in [6.07, 6.45) is 0.262. The molecule has 0 unspecified atom stereocenters. The molecule has 1 aromatic carbocycles. The third-order valence-electron chi connectivity index (χ3n) is 2.45. The van der Waals surface area contributed by atoms with E-state index in [-0.39, 0.29) is 12.0 Å². The summed E-state index contributed by atoms with van der Waals surface area (Å²) in [7, 11) is 0. The fourth-order valence-corrected chi connectivity index (χ4v) is 2.50. The van der Waals surface area contributed by atoms with Gasteiger partial charge in [-0.3, -0.25) is 4.79 Å². The number of nitrogens with zero attached hydrogens (tertiary/aromatic N) is 2. The molecule has 0 aliphatic carbocycles. The summed E-state index contributed by atoms with van der Waals surface area (Å²) < 4.78 is 0. The predicted molar refractivity (Wildman–Crippen MR) is 73.9 cm³/mol. The molecular weight excluding hydrogens is 260 g/mol. The smallest absolute Gasteiger partial charge is 0.251 e. The molecule has 6 heteroatoms. The van der Waals surface area contributed by atoms with Crippen molar-refractivity contribution < 1.29 is 0 Å². The Labute approximate surface area is 114 Å². The molecule has 3 N–H and O–H groups in total. The zero-order valence-electron chi connectivity index (χ0n) is 10.3. The summed E-state index contributed by atoms with van der Waals surface area (Å²) in [6, 6.07) is 8.94. The number of anilines is 1. The molecule has 0 bridgehead atoms. The first-order valence-electron chi connectivity index (χ1n) is 5.59. The normalized spacial score (nSPS) is 10.1. The SMILES string of the molecule is Cc1cc(=O)[nH]c(Sc2ccc(N)c(CC#N)c2)n1. The molecule has 2 aromatic rings. The van der Waals surface area contributed by atoms with Crippen LogP contribution in [0.1, 0.15) is 11.3 Å². The van der Waals surface area contributed by atoms with Crippen molar-refractivity contribution in [3.8, 4) is 6.07 Å². The summed E-state index contributed by atoms with van der Waals surface area (Å²) in [5.41, 5.74) is 7.65. The predicted octanol–water partition coefficient (Wildman–Crippen LogP) is 1.88. The Kier molecular flexibility index (Phi) is 3.88. The highest BCUT2D eigenvalue weighted by Gasteiger charge is 2.05. The molecule has 96 valence electrons. The Hall–Kier alpha value is -2.26. The minimum absolute atomic E-state index is 0.178. The van der Waals surface area contributed by atoms with Gasteiger partial charge in [-0.1, -0.05) is 11.8 Å². The second-order valence-corrected chi connectivity index (χ2v) is 5.05. The van der Waals surface area contributed by atoms with Crippen LogP contribution >= 0.6 is 11.8 Å². The molecule has 2 rings (SSSR count). The van der Waals surface area contributed by atoms with Crippen molar-refractivity contribution in [2.75, 3.05) is 5.73 Å². The van der Waals surface area contributed by atoms with Crippen LogP contribution in [0.5, 0.6) is 0 Å². The van der Waals surface area contributed by atoms with E-state index in [2.05, 4.69) is 16.0 Å². The number of nitrogens with one attached hydrogen (secondary N) is 1. The summed E-state index contributed by atoms with van der Waals surface area (Å²) in [6.45, 7) is 1.77. The summed E-state index contributed by atoms with van der Waals surface area (Å²) in [5, 5.41) is 9.25. The summed E-state index contributed by atoms with van der Waals surface area (Å²) in [4.78, 5) is 19.1. The van der Waals surface area contributed by atoms with Crippen molar-refractivity contribution in [2.24, 2.45) is 0 Å². The molecule has 1 aromatic heterocycles. The van der Waals surface area contributed by atoms with E-state index in [4.69, 9.17) is 11.0 Å². The molecule has 0 saturated carbocycles. The molecule has 0 aliphatic rings. The number of rotatable bonds is 3. The Morgan fingerprint density at radius 3 is 2.95 bits per heavy atom. The maximum absolute atomic E-state index is 11.4. The van der Waals surface area contributed by atoms with E-state index >= 15 is 0 Å². The number of H-pyrrole nitrogens is 1. The van der Waals surface area contributed by atoms with Gasteiger partial charge in [0.15, 0.2) is 5.16 Å². The maximum atomic E-state index is 11.4. The molecule has 0 amide bonds. The fraction of sp³-hybridized carbons (Fsp3) is 0.154. The highest BCUT2D eigenvalue weighted by atomic mass is 32.2. The van der Waals surface area contributed by atoms with Crippen LogP contribution in [0.3, 0.4) is 0 Å². The minimum Gasteiger partial charge on any atom is -0.398 e. The Bertz CT molecular complexity index is 703. The number of benzene rings is 1. The van der Waals surface area contributed by atoms with Gasteiger partial charge in [0, 0.05) is 22.3 Å². The maximum Gasteiger partial charge on any atom is 0.251 e. The van der Waals surface area contributed by atoms with Gasteiger partial charge in [0.2, 0.25) is 0 Å². The lowest BCUT2D eigenvalue weighted by atomic mass is 10.1. The number of aryl methyl sites for hydroxylation is 1. The Balaban J connectivity index is 2.31. The first-order chi connectivity index (χ1) is 9.08. The number of hydrogen-bond donors (Lipinski definition) is 2. The molecule has 0 atom stereocenters. The van der Waals surface area contributed by atoms with E-state index in [1.165, 1.54) is 17.8 Å². The Morgan fingerprint density at radius 1 is 1.47 bits per heavy atom. The molecule has 0 saturated heterocycles. The Morgan fingerprint density at radius 2 is 2.26 bits per heavy atom. The molecule has 1 heterocycles. The molecule has 19 heavy (non-hydrogen) atoms. The highest BCUT2D eigenvalue weighted by molar-refractivity contribution is 7.99. The van der Waals surface area contributed by atoms with Crippen LogP contribution in [0.4, 0.5) is 5.69 Å². The van der Waals surface area contributed by atoms with Gasteiger partial charge in [0.1, 0.15) is 0 Å². The summed E-state index contributed by atoms with van der Waals surface area (Å²) in [5.74, 6) is 0. The van der Waals surface area contributed by atoms with E-state index in [1.54, 1.807) is 13.0 Å². The van der Waals surface area contributed by atoms with Gasteiger partial charge >= 0.3 is 0 Å². The largest absolute Gasteiger partial charge is 0.398 e. The quantitative estimate of drug-likeness (QED) is 0.657. The van der Waals surface area contributed by atoms with Gasteiger partial charge in [-0.15, -0.1) is 0 Å². The molecule has 0 aliphatic heterocycles. The van der Waals surface area contributed by atoms with Gasteiger partial charge < -0.3 is 10.7 Å². The van der Waals surface area contributed by atoms with E-state index in [0.717, 1.165) is 10.5 Å². The molecule has 0 radical (unpaired) electrons. The first kappa shape index (κ1) is 13.2. The van der Waals surface area contributed by atoms with E-state index < -0.39 is 0 Å². The number of hydrogen-bond acceptors (Lipinski definition) is 5. The lowest BCUT2D eigenvalue weighted by Crippen LogP contribution is -2.07. The number of aromatic amines is 1. The molecular formula is C13H12N4OS. The molecule has 0 spiro atoms. The van der Waals surface area contributed by atoms with Crippen molar-refractivity contribution in [1.29, 1.82) is 5.26 Å². The van der Waals surface area contributed by atoms with Gasteiger partial charge in [0.25, 0.3) is 5.56 Å². The van der Waals surface area contributed by atoms with Crippen LogP contribution in [-0.4, -0.2) is 9.97 Å². The van der Waals surface area contributed by atoms with Crippen LogP contribution in [0.2, 0.25) is 0 Å². The van der Waals surface area contributed by atoms with Crippen LogP contribution in [0.15, 0.2) is 39.1 Å². The molecule has 5 nitrogen and oxygen atoms in total. The minimum atomic E-state index is -0.178. The van der Waals surface area contributed by atoms with E-state index in [1.807, 2.05) is 12.1 Å². The first-order valence-corrected chi connectivity index (χ1v) is 6.41. The zero-order chi connectivity index (χ0) is 13.8. The fourth-order valence-electron chi connectivity index (χ4n) is 1.60. The van der Waals surface area contributed by atoms with E-state index in [9.17, 15) is 4.79 Å². The molecule has 0 fully saturated rings. The average molecular weight is 272 g/mol. The topological polar surface area (TPSA) is 95.6 Å². The standard InChI is InChI=1S/C13H12N4OS/c1-8-6-12(18)17-13(16-8)19-10-2-3-11(15)9(7-10)4-5-14/h2-3,6-7H,4,15H2,1H3,(H,16,17,18). The third kappa shape index (κ3) is 3.36. The van der Waals surface area contributed by atoms with E-state index in [0.29, 0.717) is 16.5 Å². The second kappa shape index (κ2) is 5.59. The van der Waals surface area contributed by atoms with Gasteiger partial charge in [0.05, 0.1) is 12.5 Å². The van der Waals surface area contributed by atoms with Crippen LogP contribution in [0.25, 0.3) is 0 Å². The van der Waals surface area contributed by atoms with Crippen molar-refractivity contribution in [1.82, 2.24) is 9.97 Å². The zero-order valence-corrected chi connectivity index (χ0v) is 11.1. The van der Waals surface area contributed by atoms with Crippen molar-refractivity contribution in [3.05, 3.63) is 45.9 Å². The summed E-state index contributed by atoms with van der Waals surface area (Å²) >= 11 is 1.33. The van der Waals surface area contributed by atoms with Gasteiger partial charge in [-0.2, -0.15) is 5.26 Å². The van der Waals surface area contributed by atoms with Crippen molar-refractivity contribution in [3.63, 3.8) is 0 Å².